The largest absolute Gasteiger partial charge is 0.381 e. The first kappa shape index (κ1) is 13.9. The molecule has 19 heavy (non-hydrogen) atoms. The van der Waals surface area contributed by atoms with Gasteiger partial charge in [-0.25, -0.2) is 4.39 Å². The Morgan fingerprint density at radius 2 is 1.79 bits per heavy atom. The van der Waals surface area contributed by atoms with Crippen molar-refractivity contribution in [1.29, 1.82) is 0 Å². The first-order chi connectivity index (χ1) is 9.08. The lowest BCUT2D eigenvalue weighted by Crippen LogP contribution is -2.08. The lowest BCUT2D eigenvalue weighted by atomic mass is 10.2. The third-order valence-electron chi connectivity index (χ3n) is 2.90. The summed E-state index contributed by atoms with van der Waals surface area (Å²) in [6.07, 6.45) is 0. The number of hydrogen-bond donors (Lipinski definition) is 1. The van der Waals surface area contributed by atoms with Gasteiger partial charge in [0, 0.05) is 32.0 Å². The van der Waals surface area contributed by atoms with Gasteiger partial charge in [0.1, 0.15) is 5.82 Å². The third-order valence-corrected chi connectivity index (χ3v) is 3.79. The zero-order valence-electron chi connectivity index (χ0n) is 11.0. The molecule has 100 valence electrons. The molecule has 0 aliphatic rings. The number of benzene rings is 2. The number of nitrogens with zero attached hydrogens (tertiary/aromatic N) is 1. The third kappa shape index (κ3) is 3.47. The van der Waals surface area contributed by atoms with E-state index in [4.69, 9.17) is 0 Å². The summed E-state index contributed by atoms with van der Waals surface area (Å²) in [6.45, 7) is 0.583. The van der Waals surface area contributed by atoms with Crippen LogP contribution in [0.4, 0.5) is 15.8 Å². The van der Waals surface area contributed by atoms with Gasteiger partial charge in [-0.3, -0.25) is 0 Å². The van der Waals surface area contributed by atoms with E-state index < -0.39 is 0 Å². The minimum absolute atomic E-state index is 0.234. The molecule has 0 saturated heterocycles. The summed E-state index contributed by atoms with van der Waals surface area (Å²) in [5.74, 6) is -0.234. The molecule has 0 spiro atoms. The van der Waals surface area contributed by atoms with E-state index in [2.05, 4.69) is 21.2 Å². The molecule has 0 heterocycles. The zero-order chi connectivity index (χ0) is 13.8. The molecular formula is C15H16BrFN2. The van der Waals surface area contributed by atoms with Gasteiger partial charge < -0.3 is 10.2 Å². The Kier molecular flexibility index (Phi) is 4.43. The molecular weight excluding hydrogens is 307 g/mol. The van der Waals surface area contributed by atoms with Gasteiger partial charge in [-0.05, 0) is 51.8 Å². The summed E-state index contributed by atoms with van der Waals surface area (Å²) in [4.78, 5) is 2.05. The number of halogens is 2. The van der Waals surface area contributed by atoms with E-state index >= 15 is 0 Å². The standard InChI is InChI=1S/C15H16BrFN2/c1-19(2)13-8-6-12(7-9-13)18-10-11-4-3-5-14(17)15(11)16/h3-9,18H,10H2,1-2H3. The van der Waals surface area contributed by atoms with Crippen molar-refractivity contribution < 1.29 is 4.39 Å². The lowest BCUT2D eigenvalue weighted by Gasteiger charge is -2.13. The first-order valence-corrected chi connectivity index (χ1v) is 6.81. The van der Waals surface area contributed by atoms with Gasteiger partial charge >= 0.3 is 0 Å². The molecule has 0 aliphatic carbocycles. The molecule has 0 fully saturated rings. The van der Waals surface area contributed by atoms with Crippen molar-refractivity contribution in [2.75, 3.05) is 24.3 Å². The molecule has 4 heteroatoms. The molecule has 0 amide bonds. The second kappa shape index (κ2) is 6.06. The highest BCUT2D eigenvalue weighted by atomic mass is 79.9. The van der Waals surface area contributed by atoms with Crippen LogP contribution in [0.5, 0.6) is 0 Å². The van der Waals surface area contributed by atoms with Crippen molar-refractivity contribution >= 4 is 27.3 Å². The fraction of sp³-hybridized carbons (Fsp3) is 0.200. The van der Waals surface area contributed by atoms with Gasteiger partial charge in [0.2, 0.25) is 0 Å². The molecule has 2 aromatic carbocycles. The van der Waals surface area contributed by atoms with Crippen LogP contribution in [0.25, 0.3) is 0 Å². The first-order valence-electron chi connectivity index (χ1n) is 6.02. The Bertz CT molecular complexity index is 553. The Hall–Kier alpha value is -1.55. The molecule has 0 aliphatic heterocycles. The summed E-state index contributed by atoms with van der Waals surface area (Å²) >= 11 is 3.26. The number of hydrogen-bond acceptors (Lipinski definition) is 2. The van der Waals surface area contributed by atoms with Crippen LogP contribution < -0.4 is 10.2 Å². The van der Waals surface area contributed by atoms with Gasteiger partial charge in [0.05, 0.1) is 4.47 Å². The summed E-state index contributed by atoms with van der Waals surface area (Å²) in [5, 5.41) is 3.28. The number of anilines is 2. The smallest absolute Gasteiger partial charge is 0.137 e. The van der Waals surface area contributed by atoms with Gasteiger partial charge in [-0.15, -0.1) is 0 Å². The van der Waals surface area contributed by atoms with Crippen LogP contribution in [-0.4, -0.2) is 14.1 Å². The van der Waals surface area contributed by atoms with Crippen LogP contribution in [-0.2, 0) is 6.54 Å². The lowest BCUT2D eigenvalue weighted by molar-refractivity contribution is 0.618. The van der Waals surface area contributed by atoms with Crippen molar-refractivity contribution in [2.24, 2.45) is 0 Å². The predicted molar refractivity (Wildman–Crippen MR) is 82.2 cm³/mol. The highest BCUT2D eigenvalue weighted by Crippen LogP contribution is 2.22. The van der Waals surface area contributed by atoms with E-state index in [1.165, 1.54) is 6.07 Å². The normalized spacial score (nSPS) is 10.3. The SMILES string of the molecule is CN(C)c1ccc(NCc2cccc(F)c2Br)cc1. The van der Waals surface area contributed by atoms with E-state index in [0.717, 1.165) is 16.9 Å². The maximum absolute atomic E-state index is 13.4. The summed E-state index contributed by atoms with van der Waals surface area (Å²) in [7, 11) is 4.01. The summed E-state index contributed by atoms with van der Waals surface area (Å²) in [6, 6.07) is 13.2. The van der Waals surface area contributed by atoms with Crippen LogP contribution in [0.1, 0.15) is 5.56 Å². The molecule has 0 bridgehead atoms. The second-order valence-corrected chi connectivity index (χ2v) is 5.30. The molecule has 0 saturated carbocycles. The van der Waals surface area contributed by atoms with Crippen molar-refractivity contribution in [3.8, 4) is 0 Å². The minimum atomic E-state index is -0.234. The van der Waals surface area contributed by atoms with Crippen LogP contribution in [0, 0.1) is 5.82 Å². The summed E-state index contributed by atoms with van der Waals surface area (Å²) in [5.41, 5.74) is 3.07. The predicted octanol–water partition coefficient (Wildman–Crippen LogP) is 4.27. The average Bonchev–Trinajstić information content (AvgIpc) is 2.41. The molecule has 2 nitrogen and oxygen atoms in total. The quantitative estimate of drug-likeness (QED) is 0.904. The van der Waals surface area contributed by atoms with Gasteiger partial charge in [-0.1, -0.05) is 12.1 Å². The van der Waals surface area contributed by atoms with E-state index in [-0.39, 0.29) is 5.82 Å². The second-order valence-electron chi connectivity index (χ2n) is 4.51. The molecule has 0 unspecified atom stereocenters. The van der Waals surface area contributed by atoms with Crippen molar-refractivity contribution in [1.82, 2.24) is 0 Å². The fourth-order valence-corrected chi connectivity index (χ4v) is 2.16. The number of rotatable bonds is 4. The van der Waals surface area contributed by atoms with Crippen molar-refractivity contribution in [3.05, 3.63) is 58.3 Å². The van der Waals surface area contributed by atoms with Crippen molar-refractivity contribution in [2.45, 2.75) is 6.54 Å². The minimum Gasteiger partial charge on any atom is -0.381 e. The van der Waals surface area contributed by atoms with E-state index in [0.29, 0.717) is 11.0 Å². The van der Waals surface area contributed by atoms with Crippen molar-refractivity contribution in [3.63, 3.8) is 0 Å². The summed E-state index contributed by atoms with van der Waals surface area (Å²) < 4.78 is 13.9. The van der Waals surface area contributed by atoms with Crippen LogP contribution in [0.15, 0.2) is 46.9 Å². The van der Waals surface area contributed by atoms with Crippen LogP contribution in [0.3, 0.4) is 0 Å². The Morgan fingerprint density at radius 3 is 2.42 bits per heavy atom. The van der Waals surface area contributed by atoms with Gasteiger partial charge in [0.15, 0.2) is 0 Å². The molecule has 0 atom stereocenters. The van der Waals surface area contributed by atoms with E-state index in [9.17, 15) is 4.39 Å². The van der Waals surface area contributed by atoms with E-state index in [1.54, 1.807) is 6.07 Å². The molecule has 2 rings (SSSR count). The maximum Gasteiger partial charge on any atom is 0.137 e. The average molecular weight is 323 g/mol. The zero-order valence-corrected chi connectivity index (χ0v) is 12.5. The van der Waals surface area contributed by atoms with Crippen LogP contribution in [0.2, 0.25) is 0 Å². The van der Waals surface area contributed by atoms with Crippen LogP contribution >= 0.6 is 15.9 Å². The topological polar surface area (TPSA) is 15.3 Å². The number of nitrogens with one attached hydrogen (secondary N) is 1. The Labute approximate surface area is 121 Å². The van der Waals surface area contributed by atoms with Gasteiger partial charge in [0.25, 0.3) is 0 Å². The highest BCUT2D eigenvalue weighted by Gasteiger charge is 2.04. The van der Waals surface area contributed by atoms with Gasteiger partial charge in [-0.2, -0.15) is 0 Å². The molecule has 1 N–H and O–H groups in total. The highest BCUT2D eigenvalue weighted by molar-refractivity contribution is 9.10. The maximum atomic E-state index is 13.4. The fourth-order valence-electron chi connectivity index (χ4n) is 1.76. The van der Waals surface area contributed by atoms with E-state index in [1.807, 2.05) is 49.3 Å². The Morgan fingerprint density at radius 1 is 1.11 bits per heavy atom. The molecule has 2 aromatic rings. The monoisotopic (exact) mass is 322 g/mol. The Balaban J connectivity index is 2.04. The molecule has 0 aromatic heterocycles. The molecule has 0 radical (unpaired) electrons.